The lowest BCUT2D eigenvalue weighted by molar-refractivity contribution is -0.135. The largest absolute Gasteiger partial charge is 0.480 e. The van der Waals surface area contributed by atoms with Gasteiger partial charge in [0.25, 0.3) is 0 Å². The molecule has 0 unspecified atom stereocenters. The predicted molar refractivity (Wildman–Crippen MR) is 114 cm³/mol. The van der Waals surface area contributed by atoms with Crippen molar-refractivity contribution in [2.75, 3.05) is 11.9 Å². The topological polar surface area (TPSA) is 95.5 Å². The Balaban J connectivity index is 1.57. The van der Waals surface area contributed by atoms with E-state index in [4.69, 9.17) is 5.11 Å². The van der Waals surface area contributed by atoms with E-state index in [-0.39, 0.29) is 5.78 Å². The normalized spacial score (nSPS) is 10.6. The lowest BCUT2D eigenvalue weighted by atomic mass is 10.1. The molecule has 0 bridgehead atoms. The average Bonchev–Trinajstić information content (AvgIpc) is 3.26. The molecule has 2 aromatic carbocycles. The van der Waals surface area contributed by atoms with E-state index in [1.54, 1.807) is 41.7 Å². The van der Waals surface area contributed by atoms with Crippen molar-refractivity contribution in [2.45, 2.75) is 0 Å². The van der Waals surface area contributed by atoms with Crippen LogP contribution in [0, 0.1) is 0 Å². The second-order valence-corrected chi connectivity index (χ2v) is 7.02. The number of allylic oxidation sites excluding steroid dienone is 1. The molecule has 0 radical (unpaired) electrons. The minimum Gasteiger partial charge on any atom is -0.480 e. The molecule has 3 aromatic rings. The SMILES string of the molecule is O=C(O)CNC(=O)Nc1ccc(C(=O)C=Cc2ccc(-c3cccs3)cc2)cc1. The van der Waals surface area contributed by atoms with E-state index in [1.165, 1.54) is 11.0 Å². The van der Waals surface area contributed by atoms with Crippen LogP contribution in [0.5, 0.6) is 0 Å². The standard InChI is InChI=1S/C22H18N2O4S/c25-19(12-5-15-3-6-17(7-4-15)20-2-1-13-29-20)16-8-10-18(11-9-16)24-22(28)23-14-21(26)27/h1-13H,14H2,(H,26,27)(H2,23,24,28). The molecule has 0 aliphatic heterocycles. The van der Waals surface area contributed by atoms with Gasteiger partial charge in [-0.15, -0.1) is 11.3 Å². The molecule has 1 aromatic heterocycles. The van der Waals surface area contributed by atoms with Crippen molar-refractivity contribution in [1.29, 1.82) is 0 Å². The predicted octanol–water partition coefficient (Wildman–Crippen LogP) is 4.52. The van der Waals surface area contributed by atoms with E-state index in [9.17, 15) is 14.4 Å². The molecule has 0 aliphatic carbocycles. The van der Waals surface area contributed by atoms with Gasteiger partial charge in [-0.2, -0.15) is 0 Å². The summed E-state index contributed by atoms with van der Waals surface area (Å²) in [6.07, 6.45) is 3.26. The highest BCUT2D eigenvalue weighted by atomic mass is 32.1. The van der Waals surface area contributed by atoms with Gasteiger partial charge in [0, 0.05) is 16.1 Å². The number of nitrogens with one attached hydrogen (secondary N) is 2. The number of amides is 2. The Labute approximate surface area is 171 Å². The molecule has 0 saturated carbocycles. The Hall–Kier alpha value is -3.71. The maximum atomic E-state index is 12.3. The summed E-state index contributed by atoms with van der Waals surface area (Å²) in [6, 6.07) is 17.8. The molecule has 1 heterocycles. The first-order chi connectivity index (χ1) is 14.0. The van der Waals surface area contributed by atoms with Crippen LogP contribution in [-0.4, -0.2) is 29.4 Å². The first-order valence-electron chi connectivity index (χ1n) is 8.74. The van der Waals surface area contributed by atoms with Gasteiger partial charge in [-0.3, -0.25) is 9.59 Å². The van der Waals surface area contributed by atoms with Gasteiger partial charge in [-0.05, 0) is 52.9 Å². The molecular weight excluding hydrogens is 388 g/mol. The molecule has 3 rings (SSSR count). The minimum atomic E-state index is -1.13. The van der Waals surface area contributed by atoms with Crippen LogP contribution in [0.3, 0.4) is 0 Å². The van der Waals surface area contributed by atoms with E-state index < -0.39 is 18.5 Å². The number of carboxylic acids is 1. The van der Waals surface area contributed by atoms with E-state index in [1.807, 2.05) is 35.7 Å². The third-order valence-electron chi connectivity index (χ3n) is 3.97. The fraction of sp³-hybridized carbons (Fsp3) is 0.0455. The second kappa shape index (κ2) is 9.48. The van der Waals surface area contributed by atoms with E-state index in [2.05, 4.69) is 16.7 Å². The van der Waals surface area contributed by atoms with Crippen LogP contribution in [0.4, 0.5) is 10.5 Å². The Morgan fingerprint density at radius 2 is 1.69 bits per heavy atom. The minimum absolute atomic E-state index is 0.158. The van der Waals surface area contributed by atoms with Gasteiger partial charge >= 0.3 is 12.0 Å². The van der Waals surface area contributed by atoms with Gasteiger partial charge in [0.15, 0.2) is 5.78 Å². The van der Waals surface area contributed by atoms with Crippen LogP contribution in [0.25, 0.3) is 16.5 Å². The number of urea groups is 1. The van der Waals surface area contributed by atoms with Crippen LogP contribution in [0.2, 0.25) is 0 Å². The Bertz CT molecular complexity index is 1020. The van der Waals surface area contributed by atoms with E-state index >= 15 is 0 Å². The van der Waals surface area contributed by atoms with Crippen LogP contribution >= 0.6 is 11.3 Å². The fourth-order valence-corrected chi connectivity index (χ4v) is 3.25. The number of anilines is 1. The first kappa shape index (κ1) is 20.0. The van der Waals surface area contributed by atoms with Gasteiger partial charge in [0.2, 0.25) is 0 Å². The summed E-state index contributed by atoms with van der Waals surface area (Å²) in [5.74, 6) is -1.29. The van der Waals surface area contributed by atoms with Crippen molar-refractivity contribution < 1.29 is 19.5 Å². The summed E-state index contributed by atoms with van der Waals surface area (Å²) in [4.78, 5) is 35.5. The molecular formula is C22H18N2O4S. The molecule has 0 spiro atoms. The number of carbonyl (C=O) groups is 3. The van der Waals surface area contributed by atoms with Crippen molar-refractivity contribution in [3.63, 3.8) is 0 Å². The summed E-state index contributed by atoms with van der Waals surface area (Å²) in [5, 5.41) is 15.3. The number of carbonyl (C=O) groups excluding carboxylic acids is 2. The van der Waals surface area contributed by atoms with Crippen LogP contribution in [0.15, 0.2) is 72.1 Å². The molecule has 3 N–H and O–H groups in total. The van der Waals surface area contributed by atoms with Gasteiger partial charge in [-0.25, -0.2) is 4.79 Å². The van der Waals surface area contributed by atoms with Crippen molar-refractivity contribution >= 4 is 40.9 Å². The molecule has 0 saturated heterocycles. The molecule has 6 nitrogen and oxygen atoms in total. The Kier molecular flexibility index (Phi) is 6.55. The molecule has 29 heavy (non-hydrogen) atoms. The van der Waals surface area contributed by atoms with Crippen molar-refractivity contribution in [3.8, 4) is 10.4 Å². The molecule has 146 valence electrons. The van der Waals surface area contributed by atoms with Crippen molar-refractivity contribution in [2.24, 2.45) is 0 Å². The summed E-state index contributed by atoms with van der Waals surface area (Å²) in [6.45, 7) is -0.471. The average molecular weight is 406 g/mol. The van der Waals surface area contributed by atoms with Gasteiger partial charge < -0.3 is 15.7 Å². The molecule has 0 fully saturated rings. The number of ketones is 1. The number of carboxylic acid groups (broad SMARTS) is 1. The maximum Gasteiger partial charge on any atom is 0.323 e. The number of rotatable bonds is 7. The molecule has 0 atom stereocenters. The van der Waals surface area contributed by atoms with E-state index in [0.717, 1.165) is 11.1 Å². The number of thiophene rings is 1. The third-order valence-corrected chi connectivity index (χ3v) is 4.89. The fourth-order valence-electron chi connectivity index (χ4n) is 2.52. The maximum absolute atomic E-state index is 12.3. The lowest BCUT2D eigenvalue weighted by Crippen LogP contribution is -2.33. The third kappa shape index (κ3) is 5.88. The van der Waals surface area contributed by atoms with Crippen molar-refractivity contribution in [3.05, 3.63) is 83.2 Å². The first-order valence-corrected chi connectivity index (χ1v) is 9.62. The zero-order chi connectivity index (χ0) is 20.6. The molecule has 0 aliphatic rings. The summed E-state index contributed by atoms with van der Waals surface area (Å²) in [5.41, 5.74) is 3.00. The lowest BCUT2D eigenvalue weighted by Gasteiger charge is -2.06. The van der Waals surface area contributed by atoms with Gasteiger partial charge in [0.05, 0.1) is 0 Å². The zero-order valence-corrected chi connectivity index (χ0v) is 16.1. The monoisotopic (exact) mass is 406 g/mol. The van der Waals surface area contributed by atoms with Crippen molar-refractivity contribution in [1.82, 2.24) is 5.32 Å². The number of hydrogen-bond donors (Lipinski definition) is 3. The quantitative estimate of drug-likeness (QED) is 0.397. The van der Waals surface area contributed by atoms with Crippen LogP contribution in [0.1, 0.15) is 15.9 Å². The second-order valence-electron chi connectivity index (χ2n) is 6.08. The Morgan fingerprint density at radius 1 is 0.966 bits per heavy atom. The van der Waals surface area contributed by atoms with Gasteiger partial charge in [0.1, 0.15) is 6.54 Å². The number of hydrogen-bond acceptors (Lipinski definition) is 4. The molecule has 7 heteroatoms. The van der Waals surface area contributed by atoms with Gasteiger partial charge in [-0.1, -0.05) is 36.4 Å². The summed E-state index contributed by atoms with van der Waals surface area (Å²) in [7, 11) is 0. The van der Waals surface area contributed by atoms with Crippen LogP contribution in [-0.2, 0) is 4.79 Å². The smallest absolute Gasteiger partial charge is 0.323 e. The Morgan fingerprint density at radius 3 is 2.31 bits per heavy atom. The highest BCUT2D eigenvalue weighted by Crippen LogP contribution is 2.25. The van der Waals surface area contributed by atoms with E-state index in [0.29, 0.717) is 11.3 Å². The number of aliphatic carboxylic acids is 1. The highest BCUT2D eigenvalue weighted by molar-refractivity contribution is 7.13. The molecule has 2 amide bonds. The number of benzene rings is 2. The summed E-state index contributed by atoms with van der Waals surface area (Å²) < 4.78 is 0. The summed E-state index contributed by atoms with van der Waals surface area (Å²) >= 11 is 1.68. The van der Waals surface area contributed by atoms with Crippen LogP contribution < -0.4 is 10.6 Å². The highest BCUT2D eigenvalue weighted by Gasteiger charge is 2.06. The zero-order valence-electron chi connectivity index (χ0n) is 15.3.